The molecular formula is C23H26N6O4. The average Bonchev–Trinajstić information content (AvgIpc) is 3.06. The zero-order valence-corrected chi connectivity index (χ0v) is 18.4. The van der Waals surface area contributed by atoms with Crippen LogP contribution in [0, 0.1) is 5.92 Å². The molecule has 0 saturated carbocycles. The van der Waals surface area contributed by atoms with Crippen LogP contribution in [-0.4, -0.2) is 68.2 Å². The van der Waals surface area contributed by atoms with Gasteiger partial charge in [0, 0.05) is 30.4 Å². The van der Waals surface area contributed by atoms with Crippen molar-refractivity contribution in [2.75, 3.05) is 31.6 Å². The highest BCUT2D eigenvalue weighted by molar-refractivity contribution is 5.85. The summed E-state index contributed by atoms with van der Waals surface area (Å²) in [7, 11) is 0. The van der Waals surface area contributed by atoms with Gasteiger partial charge >= 0.3 is 12.1 Å². The van der Waals surface area contributed by atoms with Crippen molar-refractivity contribution in [2.45, 2.75) is 26.3 Å². The molecule has 4 heterocycles. The summed E-state index contributed by atoms with van der Waals surface area (Å²) < 4.78 is 5.93. The number of carbonyl (C=O) groups is 2. The number of anilines is 1. The molecule has 1 fully saturated rings. The second kappa shape index (κ2) is 8.61. The Balaban J connectivity index is 1.38. The number of nitrogens with one attached hydrogen (secondary N) is 2. The van der Waals surface area contributed by atoms with E-state index in [4.69, 9.17) is 9.84 Å². The zero-order chi connectivity index (χ0) is 22.9. The number of rotatable bonds is 2. The fraction of sp³-hybridized carbons (Fsp3) is 0.391. The number of aromatic nitrogens is 3. The number of piperidine rings is 1. The van der Waals surface area contributed by atoms with Crippen molar-refractivity contribution in [3.8, 4) is 16.9 Å². The maximum absolute atomic E-state index is 13.1. The molecule has 10 heteroatoms. The number of carbonyl (C=O) groups excluding carboxylic acids is 1. The molecule has 33 heavy (non-hydrogen) atoms. The van der Waals surface area contributed by atoms with Gasteiger partial charge in [0.2, 0.25) is 5.95 Å². The van der Waals surface area contributed by atoms with E-state index >= 15 is 0 Å². The molecule has 10 nitrogen and oxygen atoms in total. The minimum Gasteiger partial charge on any atom is -0.491 e. The second-order valence-electron chi connectivity index (χ2n) is 8.66. The van der Waals surface area contributed by atoms with Gasteiger partial charge in [0.05, 0.1) is 18.6 Å². The number of urea groups is 1. The van der Waals surface area contributed by atoms with Crippen LogP contribution >= 0.6 is 0 Å². The highest BCUT2D eigenvalue weighted by atomic mass is 16.5. The van der Waals surface area contributed by atoms with Crippen molar-refractivity contribution in [1.29, 1.82) is 0 Å². The maximum atomic E-state index is 13.1. The summed E-state index contributed by atoms with van der Waals surface area (Å²) >= 11 is 0. The first-order valence-corrected chi connectivity index (χ1v) is 11.1. The summed E-state index contributed by atoms with van der Waals surface area (Å²) in [5.41, 5.74) is 3.77. The number of amides is 3. The number of pyridine rings is 1. The molecule has 3 amide bonds. The van der Waals surface area contributed by atoms with E-state index < -0.39 is 6.09 Å². The van der Waals surface area contributed by atoms with E-state index in [0.29, 0.717) is 36.8 Å². The van der Waals surface area contributed by atoms with Crippen molar-refractivity contribution in [2.24, 2.45) is 5.92 Å². The lowest BCUT2D eigenvalue weighted by Gasteiger charge is -2.34. The summed E-state index contributed by atoms with van der Waals surface area (Å²) in [6, 6.07) is 7.85. The Morgan fingerprint density at radius 2 is 1.97 bits per heavy atom. The molecule has 2 aliphatic rings. The van der Waals surface area contributed by atoms with Crippen LogP contribution in [0.3, 0.4) is 0 Å². The number of hydrogen-bond donors (Lipinski definition) is 3. The van der Waals surface area contributed by atoms with E-state index in [9.17, 15) is 9.59 Å². The van der Waals surface area contributed by atoms with Crippen molar-refractivity contribution in [1.82, 2.24) is 24.8 Å². The number of benzene rings is 1. The van der Waals surface area contributed by atoms with E-state index in [1.165, 1.54) is 0 Å². The van der Waals surface area contributed by atoms with Crippen LogP contribution in [0.1, 0.15) is 25.3 Å². The first-order valence-electron chi connectivity index (χ1n) is 11.1. The monoisotopic (exact) mass is 450 g/mol. The van der Waals surface area contributed by atoms with Crippen LogP contribution in [0.25, 0.3) is 22.3 Å². The fourth-order valence-electron chi connectivity index (χ4n) is 4.36. The van der Waals surface area contributed by atoms with Gasteiger partial charge in [0.15, 0.2) is 5.65 Å². The lowest BCUT2D eigenvalue weighted by Crippen LogP contribution is -2.46. The summed E-state index contributed by atoms with van der Waals surface area (Å²) in [6.07, 6.45) is 2.59. The Morgan fingerprint density at radius 3 is 2.76 bits per heavy atom. The normalized spacial score (nSPS) is 16.8. The number of nitrogens with zero attached hydrogens (tertiary/aromatic N) is 4. The van der Waals surface area contributed by atoms with Gasteiger partial charge in [-0.2, -0.15) is 4.98 Å². The first kappa shape index (κ1) is 21.0. The molecule has 0 aliphatic carbocycles. The Kier molecular flexibility index (Phi) is 5.49. The molecule has 0 spiro atoms. The Labute approximate surface area is 190 Å². The van der Waals surface area contributed by atoms with Gasteiger partial charge in [0.25, 0.3) is 0 Å². The van der Waals surface area contributed by atoms with Gasteiger partial charge in [-0.05, 0) is 42.5 Å². The largest absolute Gasteiger partial charge is 0.491 e. The van der Waals surface area contributed by atoms with Crippen LogP contribution in [0.4, 0.5) is 15.5 Å². The van der Waals surface area contributed by atoms with Crippen LogP contribution in [0.2, 0.25) is 0 Å². The van der Waals surface area contributed by atoms with Gasteiger partial charge in [0.1, 0.15) is 12.4 Å². The molecule has 0 bridgehead atoms. The second-order valence-corrected chi connectivity index (χ2v) is 8.66. The van der Waals surface area contributed by atoms with Crippen molar-refractivity contribution >= 4 is 29.2 Å². The Hall–Kier alpha value is -3.82. The molecule has 2 aromatic heterocycles. The molecule has 2 aliphatic heterocycles. The molecule has 172 valence electrons. The third-order valence-corrected chi connectivity index (χ3v) is 6.26. The van der Waals surface area contributed by atoms with Gasteiger partial charge in [-0.25, -0.2) is 14.6 Å². The maximum Gasteiger partial charge on any atom is 0.411 e. The smallest absolute Gasteiger partial charge is 0.411 e. The number of imidazole rings is 1. The zero-order valence-electron chi connectivity index (χ0n) is 18.4. The van der Waals surface area contributed by atoms with Crippen LogP contribution in [0.15, 0.2) is 30.5 Å². The summed E-state index contributed by atoms with van der Waals surface area (Å²) in [5.74, 6) is 1.57. The van der Waals surface area contributed by atoms with E-state index in [1.807, 2.05) is 34.1 Å². The Morgan fingerprint density at radius 1 is 1.15 bits per heavy atom. The summed E-state index contributed by atoms with van der Waals surface area (Å²) in [5, 5.41) is 11.1. The molecule has 0 atom stereocenters. The lowest BCUT2D eigenvalue weighted by molar-refractivity contribution is 0.129. The van der Waals surface area contributed by atoms with Crippen molar-refractivity contribution in [3.05, 3.63) is 36.0 Å². The average molecular weight is 450 g/mol. The van der Waals surface area contributed by atoms with Gasteiger partial charge in [-0.15, -0.1) is 0 Å². The number of likely N-dealkylation sites (tertiary alicyclic amines) is 1. The summed E-state index contributed by atoms with van der Waals surface area (Å²) in [6.45, 7) is 5.34. The van der Waals surface area contributed by atoms with Crippen LogP contribution < -0.4 is 10.1 Å². The number of hydrogen-bond acceptors (Lipinski definition) is 5. The number of fused-ring (bicyclic) bond motifs is 2. The number of H-pyrrole nitrogens is 1. The molecule has 5 rings (SSSR count). The highest BCUT2D eigenvalue weighted by Crippen LogP contribution is 2.31. The quantitative estimate of drug-likeness (QED) is 0.546. The predicted octanol–water partition coefficient (Wildman–Crippen LogP) is 3.76. The molecule has 3 N–H and O–H groups in total. The molecule has 0 unspecified atom stereocenters. The van der Waals surface area contributed by atoms with Crippen molar-refractivity contribution in [3.63, 3.8) is 0 Å². The molecular weight excluding hydrogens is 424 g/mol. The minimum atomic E-state index is -1.20. The van der Waals surface area contributed by atoms with Crippen molar-refractivity contribution < 1.29 is 19.4 Å². The summed E-state index contributed by atoms with van der Waals surface area (Å²) in [4.78, 5) is 39.2. The Bertz CT molecular complexity index is 1200. The molecule has 1 aromatic carbocycles. The molecule has 3 aromatic rings. The fourth-order valence-corrected chi connectivity index (χ4v) is 4.36. The molecule has 1 saturated heterocycles. The number of aromatic amines is 1. The van der Waals surface area contributed by atoms with E-state index in [1.54, 1.807) is 6.20 Å². The SMILES string of the molecule is CC1CCN(C(=O)N2CCOc3ccc(-c4cnc5nc(NC(=O)O)[nH]c5c4)cc3C2)CC1. The van der Waals surface area contributed by atoms with Gasteiger partial charge < -0.3 is 24.6 Å². The van der Waals surface area contributed by atoms with E-state index in [2.05, 4.69) is 27.2 Å². The lowest BCUT2D eigenvalue weighted by atomic mass is 9.99. The van der Waals surface area contributed by atoms with E-state index in [0.717, 1.165) is 48.4 Å². The third kappa shape index (κ3) is 4.41. The van der Waals surface area contributed by atoms with Gasteiger partial charge in [-0.3, -0.25) is 5.32 Å². The number of carboxylic acid groups (broad SMARTS) is 1. The van der Waals surface area contributed by atoms with Gasteiger partial charge in [-0.1, -0.05) is 13.0 Å². The highest BCUT2D eigenvalue weighted by Gasteiger charge is 2.27. The number of ether oxygens (including phenoxy) is 1. The standard InChI is InChI=1S/C23H26N6O4/c1-14-4-6-28(7-5-14)23(32)29-8-9-33-19-3-2-15(10-17(19)13-29)16-11-18-20(24-12-16)26-21(25-18)27-22(30)31/h2-3,10-12,14H,4-9,13H2,1H3,(H,30,31)(H2,24,25,26,27). The first-order chi connectivity index (χ1) is 16.0. The van der Waals surface area contributed by atoms with E-state index in [-0.39, 0.29) is 12.0 Å². The van der Waals surface area contributed by atoms with Crippen LogP contribution in [0.5, 0.6) is 5.75 Å². The molecule has 0 radical (unpaired) electrons. The predicted molar refractivity (Wildman–Crippen MR) is 122 cm³/mol. The topological polar surface area (TPSA) is 124 Å². The minimum absolute atomic E-state index is 0.0720. The third-order valence-electron chi connectivity index (χ3n) is 6.26. The van der Waals surface area contributed by atoms with Crippen LogP contribution in [-0.2, 0) is 6.54 Å².